The summed E-state index contributed by atoms with van der Waals surface area (Å²) in [5, 5.41) is 0. The second-order valence-electron chi connectivity index (χ2n) is 8.23. The number of carbonyl (C=O) groups excluding carboxylic acids is 2. The van der Waals surface area contributed by atoms with Crippen LogP contribution in [0.1, 0.15) is 50.0 Å². The molecule has 7 nitrogen and oxygen atoms in total. The fourth-order valence-electron chi connectivity index (χ4n) is 3.56. The van der Waals surface area contributed by atoms with Crippen molar-refractivity contribution in [2.75, 3.05) is 13.9 Å². The average Bonchev–Trinajstić information content (AvgIpc) is 3.03. The minimum atomic E-state index is -0.850. The molecule has 3 rings (SSSR count). The molecule has 1 aromatic carbocycles. The van der Waals surface area contributed by atoms with Crippen LogP contribution < -0.4 is 4.74 Å². The summed E-state index contributed by atoms with van der Waals surface area (Å²) in [4.78, 5) is 25.8. The maximum Gasteiger partial charge on any atom is 0.342 e. The molecule has 2 heterocycles. The predicted octanol–water partition coefficient (Wildman–Crippen LogP) is 3.91. The second kappa shape index (κ2) is 9.77. The van der Waals surface area contributed by atoms with Gasteiger partial charge in [-0.05, 0) is 44.9 Å². The van der Waals surface area contributed by atoms with Crippen LogP contribution in [0.3, 0.4) is 0 Å². The first-order valence-corrected chi connectivity index (χ1v) is 10.4. The maximum atomic E-state index is 13.0. The van der Waals surface area contributed by atoms with Gasteiger partial charge in [-0.25, -0.2) is 4.79 Å². The van der Waals surface area contributed by atoms with Gasteiger partial charge in [0.2, 0.25) is 0 Å². The first-order valence-electron chi connectivity index (χ1n) is 10.4. The van der Waals surface area contributed by atoms with Gasteiger partial charge in [0.05, 0.1) is 6.10 Å². The fourth-order valence-corrected chi connectivity index (χ4v) is 3.56. The summed E-state index contributed by atoms with van der Waals surface area (Å²) >= 11 is 0. The van der Waals surface area contributed by atoms with E-state index in [0.29, 0.717) is 23.3 Å². The highest BCUT2D eigenvalue weighted by Crippen LogP contribution is 2.32. The van der Waals surface area contributed by atoms with Crippen LogP contribution >= 0.6 is 0 Å². The van der Waals surface area contributed by atoms with Crippen molar-refractivity contribution in [3.05, 3.63) is 47.6 Å². The smallest absolute Gasteiger partial charge is 0.342 e. The van der Waals surface area contributed by atoms with Crippen molar-refractivity contribution in [1.82, 2.24) is 0 Å². The summed E-state index contributed by atoms with van der Waals surface area (Å²) < 4.78 is 28.1. The molecule has 7 heteroatoms. The van der Waals surface area contributed by atoms with Gasteiger partial charge >= 0.3 is 5.97 Å². The standard InChI is InChI=1S/C24H30O7/c1-15-12-13-18(25)22-20(30-24(3,4)31-22)11-7-9-17-8-6-10-19(28-14-27-5)21(17)23(26)29-16(15)2/h6-10,12-13,15-16,20,22H,11,14H2,1-5H3/b9-7+,13-12-/t15-,16+,20+,22-/m1/s1. The monoisotopic (exact) mass is 430 g/mol. The zero-order valence-electron chi connectivity index (χ0n) is 18.6. The van der Waals surface area contributed by atoms with E-state index in [1.54, 1.807) is 39.0 Å². The Kier molecular flexibility index (Phi) is 7.30. The molecule has 0 amide bonds. The molecule has 2 aliphatic rings. The third-order valence-electron chi connectivity index (χ3n) is 5.32. The molecule has 0 bridgehead atoms. The van der Waals surface area contributed by atoms with Gasteiger partial charge in [-0.15, -0.1) is 0 Å². The molecule has 0 radical (unpaired) electrons. The number of carbonyl (C=O) groups is 2. The number of benzene rings is 1. The molecule has 2 aliphatic heterocycles. The third kappa shape index (κ3) is 5.61. The lowest BCUT2D eigenvalue weighted by Gasteiger charge is -2.20. The molecule has 0 N–H and O–H groups in total. The number of hydrogen-bond acceptors (Lipinski definition) is 7. The zero-order chi connectivity index (χ0) is 22.6. The molecular formula is C24H30O7. The van der Waals surface area contributed by atoms with E-state index in [-0.39, 0.29) is 18.5 Å². The summed E-state index contributed by atoms with van der Waals surface area (Å²) in [6.45, 7) is 7.27. The van der Waals surface area contributed by atoms with Gasteiger partial charge in [-0.2, -0.15) is 0 Å². The molecule has 0 aliphatic carbocycles. The number of esters is 1. The van der Waals surface area contributed by atoms with E-state index < -0.39 is 30.1 Å². The first-order chi connectivity index (χ1) is 14.7. The summed E-state index contributed by atoms with van der Waals surface area (Å²) in [5.74, 6) is -1.32. The molecule has 1 saturated heterocycles. The normalized spacial score (nSPS) is 30.5. The summed E-state index contributed by atoms with van der Waals surface area (Å²) in [6.07, 6.45) is 5.76. The predicted molar refractivity (Wildman–Crippen MR) is 115 cm³/mol. The number of methoxy groups -OCH3 is 1. The quantitative estimate of drug-likeness (QED) is 0.531. The second-order valence-corrected chi connectivity index (χ2v) is 8.23. The van der Waals surface area contributed by atoms with Crippen molar-refractivity contribution < 1.29 is 33.3 Å². The Morgan fingerprint density at radius 2 is 1.90 bits per heavy atom. The van der Waals surface area contributed by atoms with Gasteiger partial charge in [-0.3, -0.25) is 4.79 Å². The maximum absolute atomic E-state index is 13.0. The van der Waals surface area contributed by atoms with E-state index in [4.69, 9.17) is 23.7 Å². The van der Waals surface area contributed by atoms with Gasteiger partial charge in [-0.1, -0.05) is 37.3 Å². The van der Waals surface area contributed by atoms with Crippen LogP contribution in [0, 0.1) is 5.92 Å². The van der Waals surface area contributed by atoms with Crippen LogP contribution in [-0.4, -0.2) is 49.8 Å². The van der Waals surface area contributed by atoms with E-state index >= 15 is 0 Å². The van der Waals surface area contributed by atoms with Crippen molar-refractivity contribution >= 4 is 17.8 Å². The van der Waals surface area contributed by atoms with Crippen LogP contribution in [0.5, 0.6) is 5.75 Å². The first kappa shape index (κ1) is 23.2. The van der Waals surface area contributed by atoms with Gasteiger partial charge in [0.15, 0.2) is 18.4 Å². The molecule has 0 aromatic heterocycles. The minimum absolute atomic E-state index is 0.00820. The molecule has 31 heavy (non-hydrogen) atoms. The van der Waals surface area contributed by atoms with Crippen molar-refractivity contribution in [2.45, 2.75) is 58.2 Å². The Labute approximate surface area is 183 Å². The SMILES string of the molecule is COCOc1cccc2c1C(=O)O[C@@H](C)[C@H](C)/C=C\C(=O)[C@H]1OC(C)(C)O[C@H]1C/C=C/2. The Hall–Kier alpha value is -2.48. The van der Waals surface area contributed by atoms with Crippen molar-refractivity contribution in [3.63, 3.8) is 0 Å². The number of hydrogen-bond donors (Lipinski definition) is 0. The number of cyclic esters (lactones) is 1. The summed E-state index contributed by atoms with van der Waals surface area (Å²) in [7, 11) is 1.51. The van der Waals surface area contributed by atoms with E-state index in [9.17, 15) is 9.59 Å². The number of ketones is 1. The molecule has 0 saturated carbocycles. The Morgan fingerprint density at radius 1 is 1.13 bits per heavy atom. The highest BCUT2D eigenvalue weighted by atomic mass is 16.8. The van der Waals surface area contributed by atoms with Crippen molar-refractivity contribution in [3.8, 4) is 5.75 Å². The molecule has 0 spiro atoms. The average molecular weight is 430 g/mol. The van der Waals surface area contributed by atoms with E-state index in [1.807, 2.05) is 25.1 Å². The van der Waals surface area contributed by atoms with E-state index in [1.165, 1.54) is 13.2 Å². The third-order valence-corrected chi connectivity index (χ3v) is 5.32. The Bertz CT molecular complexity index is 871. The zero-order valence-corrected chi connectivity index (χ0v) is 18.6. The minimum Gasteiger partial charge on any atom is -0.467 e. The van der Waals surface area contributed by atoms with E-state index in [2.05, 4.69) is 0 Å². The highest BCUT2D eigenvalue weighted by Gasteiger charge is 2.43. The summed E-state index contributed by atoms with van der Waals surface area (Å²) in [5.41, 5.74) is 0.972. The molecular weight excluding hydrogens is 400 g/mol. The highest BCUT2D eigenvalue weighted by molar-refractivity contribution is 5.97. The summed E-state index contributed by atoms with van der Waals surface area (Å²) in [6, 6.07) is 5.31. The van der Waals surface area contributed by atoms with Crippen LogP contribution in [0.15, 0.2) is 36.4 Å². The molecule has 1 aromatic rings. The van der Waals surface area contributed by atoms with Gasteiger partial charge in [0.1, 0.15) is 23.5 Å². The Morgan fingerprint density at radius 3 is 2.65 bits per heavy atom. The molecule has 168 valence electrons. The lowest BCUT2D eigenvalue weighted by Crippen LogP contribution is -2.30. The molecule has 4 atom stereocenters. The van der Waals surface area contributed by atoms with Crippen LogP contribution in [-0.2, 0) is 23.7 Å². The lowest BCUT2D eigenvalue weighted by molar-refractivity contribution is -0.152. The molecule has 0 unspecified atom stereocenters. The van der Waals surface area contributed by atoms with E-state index in [0.717, 1.165) is 0 Å². The van der Waals surface area contributed by atoms with Gasteiger partial charge in [0.25, 0.3) is 0 Å². The van der Waals surface area contributed by atoms with Gasteiger partial charge < -0.3 is 23.7 Å². The largest absolute Gasteiger partial charge is 0.467 e. The molecule has 1 fully saturated rings. The van der Waals surface area contributed by atoms with Gasteiger partial charge in [0, 0.05) is 13.0 Å². The topological polar surface area (TPSA) is 80.3 Å². The number of rotatable bonds is 3. The lowest BCUT2D eigenvalue weighted by atomic mass is 10.00. The van der Waals surface area contributed by atoms with Crippen molar-refractivity contribution in [1.29, 1.82) is 0 Å². The number of ether oxygens (including phenoxy) is 5. The fraction of sp³-hybridized carbons (Fsp3) is 0.500. The number of fused-ring (bicyclic) bond motifs is 2. The van der Waals surface area contributed by atoms with Crippen LogP contribution in [0.2, 0.25) is 0 Å². The van der Waals surface area contributed by atoms with Crippen LogP contribution in [0.4, 0.5) is 0 Å². The van der Waals surface area contributed by atoms with Crippen LogP contribution in [0.25, 0.3) is 6.08 Å². The van der Waals surface area contributed by atoms with Crippen molar-refractivity contribution in [2.24, 2.45) is 5.92 Å². The Balaban J connectivity index is 2.00.